The smallest absolute Gasteiger partial charge is 0.0463 e. The Labute approximate surface area is 117 Å². The second-order valence-electron chi connectivity index (χ2n) is 5.06. The summed E-state index contributed by atoms with van der Waals surface area (Å²) in [6, 6.07) is 9.32. The van der Waals surface area contributed by atoms with Crippen LogP contribution in [-0.2, 0) is 6.42 Å². The lowest BCUT2D eigenvalue weighted by atomic mass is 9.85. The number of hydrogen-bond acceptors (Lipinski definition) is 3. The summed E-state index contributed by atoms with van der Waals surface area (Å²) in [6.07, 6.45) is 5.40. The van der Waals surface area contributed by atoms with E-state index in [4.69, 9.17) is 0 Å². The van der Waals surface area contributed by atoms with Crippen molar-refractivity contribution in [2.45, 2.75) is 31.7 Å². The van der Waals surface area contributed by atoms with E-state index in [1.165, 1.54) is 35.6 Å². The van der Waals surface area contributed by atoms with Gasteiger partial charge in [-0.15, -0.1) is 22.7 Å². The highest BCUT2D eigenvalue weighted by molar-refractivity contribution is 7.10. The maximum atomic E-state index is 3.78. The minimum atomic E-state index is 0.504. The molecule has 1 fully saturated rings. The highest BCUT2D eigenvalue weighted by Gasteiger charge is 2.20. The van der Waals surface area contributed by atoms with Crippen LogP contribution in [0.15, 0.2) is 35.0 Å². The van der Waals surface area contributed by atoms with Gasteiger partial charge in [-0.2, -0.15) is 0 Å². The Bertz CT molecular complexity index is 443. The third-order valence-electron chi connectivity index (χ3n) is 3.75. The SMILES string of the molecule is c1csc(CC(NCC2CCC2)c2cccs2)c1. The van der Waals surface area contributed by atoms with E-state index in [1.807, 2.05) is 22.7 Å². The first kappa shape index (κ1) is 12.4. The quantitative estimate of drug-likeness (QED) is 0.820. The van der Waals surface area contributed by atoms with Gasteiger partial charge in [-0.05, 0) is 48.2 Å². The Morgan fingerprint density at radius 1 is 1.17 bits per heavy atom. The number of rotatable bonds is 6. The van der Waals surface area contributed by atoms with Gasteiger partial charge in [0.25, 0.3) is 0 Å². The van der Waals surface area contributed by atoms with Crippen LogP contribution in [-0.4, -0.2) is 6.54 Å². The van der Waals surface area contributed by atoms with Gasteiger partial charge in [0, 0.05) is 22.2 Å². The van der Waals surface area contributed by atoms with Crippen LogP contribution < -0.4 is 5.32 Å². The molecule has 1 unspecified atom stereocenters. The first-order valence-corrected chi connectivity index (χ1v) is 8.47. The lowest BCUT2D eigenvalue weighted by Crippen LogP contribution is -2.31. The van der Waals surface area contributed by atoms with Crippen LogP contribution in [0.25, 0.3) is 0 Å². The standard InChI is InChI=1S/C15H19NS2/c1-4-12(5-1)11-16-14(15-7-3-9-18-15)10-13-6-2-8-17-13/h2-3,6-9,12,14,16H,1,4-5,10-11H2. The number of nitrogens with one attached hydrogen (secondary N) is 1. The molecule has 1 aliphatic rings. The van der Waals surface area contributed by atoms with Crippen molar-refractivity contribution in [2.75, 3.05) is 6.54 Å². The summed E-state index contributed by atoms with van der Waals surface area (Å²) < 4.78 is 0. The molecule has 1 saturated carbocycles. The maximum absolute atomic E-state index is 3.78. The van der Waals surface area contributed by atoms with Crippen molar-refractivity contribution in [3.8, 4) is 0 Å². The van der Waals surface area contributed by atoms with Crippen LogP contribution in [0.4, 0.5) is 0 Å². The van der Waals surface area contributed by atoms with Gasteiger partial charge in [0.15, 0.2) is 0 Å². The molecule has 1 nitrogen and oxygen atoms in total. The minimum absolute atomic E-state index is 0.504. The second kappa shape index (κ2) is 6.00. The van der Waals surface area contributed by atoms with Crippen molar-refractivity contribution < 1.29 is 0 Å². The van der Waals surface area contributed by atoms with Crippen molar-refractivity contribution in [3.05, 3.63) is 44.8 Å². The van der Waals surface area contributed by atoms with Crippen molar-refractivity contribution in [3.63, 3.8) is 0 Å². The zero-order valence-electron chi connectivity index (χ0n) is 10.5. The zero-order chi connectivity index (χ0) is 12.2. The molecule has 0 radical (unpaired) electrons. The lowest BCUT2D eigenvalue weighted by molar-refractivity contribution is 0.289. The van der Waals surface area contributed by atoms with Gasteiger partial charge >= 0.3 is 0 Å². The molecule has 0 spiro atoms. The summed E-state index contributed by atoms with van der Waals surface area (Å²) in [4.78, 5) is 2.96. The van der Waals surface area contributed by atoms with E-state index in [0.29, 0.717) is 6.04 Å². The molecule has 18 heavy (non-hydrogen) atoms. The summed E-state index contributed by atoms with van der Waals surface area (Å²) in [7, 11) is 0. The zero-order valence-corrected chi connectivity index (χ0v) is 12.1. The average molecular weight is 277 g/mol. The van der Waals surface area contributed by atoms with Gasteiger partial charge in [0.2, 0.25) is 0 Å². The molecule has 0 aromatic carbocycles. The molecule has 0 amide bonds. The first-order chi connectivity index (χ1) is 8.92. The summed E-state index contributed by atoms with van der Waals surface area (Å²) in [5, 5.41) is 8.14. The molecule has 0 aliphatic heterocycles. The molecule has 2 aromatic rings. The molecule has 2 aromatic heterocycles. The van der Waals surface area contributed by atoms with Crippen LogP contribution in [0.5, 0.6) is 0 Å². The van der Waals surface area contributed by atoms with E-state index in [2.05, 4.69) is 40.3 Å². The fourth-order valence-corrected chi connectivity index (χ4v) is 3.95. The molecule has 3 rings (SSSR count). The fourth-order valence-electron chi connectivity index (χ4n) is 2.40. The Morgan fingerprint density at radius 3 is 2.61 bits per heavy atom. The summed E-state index contributed by atoms with van der Waals surface area (Å²) in [6.45, 7) is 1.19. The second-order valence-corrected chi connectivity index (χ2v) is 7.07. The van der Waals surface area contributed by atoms with Crippen LogP contribution in [0.1, 0.15) is 35.1 Å². The van der Waals surface area contributed by atoms with Crippen molar-refractivity contribution in [1.29, 1.82) is 0 Å². The van der Waals surface area contributed by atoms with E-state index < -0.39 is 0 Å². The Morgan fingerprint density at radius 2 is 2.00 bits per heavy atom. The van der Waals surface area contributed by atoms with Gasteiger partial charge in [-0.25, -0.2) is 0 Å². The van der Waals surface area contributed by atoms with E-state index in [0.717, 1.165) is 12.3 Å². The first-order valence-electron chi connectivity index (χ1n) is 6.71. The lowest BCUT2D eigenvalue weighted by Gasteiger charge is -2.28. The van der Waals surface area contributed by atoms with Crippen LogP contribution in [0.3, 0.4) is 0 Å². The van der Waals surface area contributed by atoms with Gasteiger partial charge in [0.05, 0.1) is 0 Å². The molecule has 96 valence electrons. The van der Waals surface area contributed by atoms with Crippen LogP contribution in [0, 0.1) is 5.92 Å². The Balaban J connectivity index is 1.63. The predicted molar refractivity (Wildman–Crippen MR) is 80.4 cm³/mol. The molecular formula is C15H19NS2. The third kappa shape index (κ3) is 3.02. The highest BCUT2D eigenvalue weighted by Crippen LogP contribution is 2.28. The summed E-state index contributed by atoms with van der Waals surface area (Å²) >= 11 is 3.74. The molecule has 0 bridgehead atoms. The fraction of sp³-hybridized carbons (Fsp3) is 0.467. The average Bonchev–Trinajstić information content (AvgIpc) is 2.98. The van der Waals surface area contributed by atoms with E-state index in [1.54, 1.807) is 0 Å². The Kier molecular flexibility index (Phi) is 4.13. The highest BCUT2D eigenvalue weighted by atomic mass is 32.1. The molecule has 1 aliphatic carbocycles. The molecule has 3 heteroatoms. The van der Waals surface area contributed by atoms with E-state index >= 15 is 0 Å². The summed E-state index contributed by atoms with van der Waals surface area (Å²) in [5.74, 6) is 0.927. The van der Waals surface area contributed by atoms with Gasteiger partial charge in [-0.3, -0.25) is 0 Å². The molecule has 1 atom stereocenters. The van der Waals surface area contributed by atoms with Crippen molar-refractivity contribution >= 4 is 22.7 Å². The molecular weight excluding hydrogens is 258 g/mol. The number of thiophene rings is 2. The van der Waals surface area contributed by atoms with Gasteiger partial charge in [0.1, 0.15) is 0 Å². The topological polar surface area (TPSA) is 12.0 Å². The molecule has 0 saturated heterocycles. The Hall–Kier alpha value is -0.640. The third-order valence-corrected chi connectivity index (χ3v) is 5.63. The van der Waals surface area contributed by atoms with E-state index in [9.17, 15) is 0 Å². The van der Waals surface area contributed by atoms with Crippen LogP contribution >= 0.6 is 22.7 Å². The summed E-state index contributed by atoms with van der Waals surface area (Å²) in [5.41, 5.74) is 0. The minimum Gasteiger partial charge on any atom is -0.309 e. The van der Waals surface area contributed by atoms with Gasteiger partial charge in [-0.1, -0.05) is 18.6 Å². The number of hydrogen-bond donors (Lipinski definition) is 1. The molecule has 1 N–H and O–H groups in total. The van der Waals surface area contributed by atoms with Crippen molar-refractivity contribution in [2.24, 2.45) is 5.92 Å². The largest absolute Gasteiger partial charge is 0.309 e. The van der Waals surface area contributed by atoms with Gasteiger partial charge < -0.3 is 5.32 Å². The van der Waals surface area contributed by atoms with Crippen LogP contribution in [0.2, 0.25) is 0 Å². The normalized spacial score (nSPS) is 17.6. The van der Waals surface area contributed by atoms with E-state index in [-0.39, 0.29) is 0 Å². The monoisotopic (exact) mass is 277 g/mol. The maximum Gasteiger partial charge on any atom is 0.0463 e. The predicted octanol–water partition coefficient (Wildman–Crippen LogP) is 4.48. The molecule has 2 heterocycles. The van der Waals surface area contributed by atoms with Crippen molar-refractivity contribution in [1.82, 2.24) is 5.32 Å².